The lowest BCUT2D eigenvalue weighted by atomic mass is 10.2. The third-order valence-electron chi connectivity index (χ3n) is 2.29. The number of amides is 2. The van der Waals surface area contributed by atoms with Crippen molar-refractivity contribution in [2.75, 3.05) is 18.0 Å². The Balaban J connectivity index is 2.45. The Kier molecular flexibility index (Phi) is 3.10. The fraction of sp³-hybridized carbons (Fsp3) is 0.200. The van der Waals surface area contributed by atoms with Crippen molar-refractivity contribution in [3.8, 4) is 0 Å². The van der Waals surface area contributed by atoms with Crippen molar-refractivity contribution in [1.29, 1.82) is 0 Å². The summed E-state index contributed by atoms with van der Waals surface area (Å²) in [5, 5.41) is 2.34. The van der Waals surface area contributed by atoms with Gasteiger partial charge in [0.05, 0.1) is 12.2 Å². The lowest BCUT2D eigenvalue weighted by Crippen LogP contribution is -2.52. The van der Waals surface area contributed by atoms with Gasteiger partial charge in [-0.05, 0) is 22.0 Å². The number of rotatable bonds is 1. The van der Waals surface area contributed by atoms with Crippen LogP contribution in [0.2, 0.25) is 0 Å². The molecule has 1 N–H and O–H groups in total. The van der Waals surface area contributed by atoms with Crippen molar-refractivity contribution in [2.45, 2.75) is 0 Å². The second-order valence-corrected chi connectivity index (χ2v) is 4.33. The number of nitrogens with one attached hydrogen (secondary N) is 1. The molecule has 2 amide bonds. The maximum absolute atomic E-state index is 13.6. The van der Waals surface area contributed by atoms with Gasteiger partial charge in [0.15, 0.2) is 5.82 Å². The van der Waals surface area contributed by atoms with Crippen LogP contribution >= 0.6 is 15.9 Å². The quantitative estimate of drug-likeness (QED) is 0.847. The van der Waals surface area contributed by atoms with Crippen LogP contribution in [0.1, 0.15) is 0 Å². The van der Waals surface area contributed by atoms with E-state index < -0.39 is 17.5 Å². The van der Waals surface area contributed by atoms with E-state index in [0.29, 0.717) is 6.07 Å². The van der Waals surface area contributed by atoms with E-state index in [4.69, 9.17) is 0 Å². The molecule has 0 saturated carbocycles. The summed E-state index contributed by atoms with van der Waals surface area (Å²) < 4.78 is 26.6. The Hall–Kier alpha value is -1.50. The van der Waals surface area contributed by atoms with Crippen LogP contribution in [0, 0.1) is 11.6 Å². The number of halogens is 3. The first-order valence-corrected chi connectivity index (χ1v) is 5.50. The van der Waals surface area contributed by atoms with Gasteiger partial charge in [-0.2, -0.15) is 0 Å². The average molecular weight is 305 g/mol. The number of hydrogen-bond donors (Lipinski definition) is 1. The molecule has 1 heterocycles. The van der Waals surface area contributed by atoms with Crippen LogP contribution in [0.15, 0.2) is 16.6 Å². The molecule has 1 aliphatic rings. The van der Waals surface area contributed by atoms with E-state index in [2.05, 4.69) is 21.2 Å². The molecule has 0 radical (unpaired) electrons. The van der Waals surface area contributed by atoms with Crippen molar-refractivity contribution >= 4 is 33.4 Å². The van der Waals surface area contributed by atoms with Gasteiger partial charge in [0.2, 0.25) is 11.8 Å². The molecule has 0 spiro atoms. The van der Waals surface area contributed by atoms with Gasteiger partial charge in [-0.3, -0.25) is 14.5 Å². The summed E-state index contributed by atoms with van der Waals surface area (Å²) in [4.78, 5) is 23.7. The second-order valence-electron chi connectivity index (χ2n) is 3.47. The summed E-state index contributed by atoms with van der Waals surface area (Å²) in [6.45, 7) is -0.470. The third-order valence-corrected chi connectivity index (χ3v) is 2.90. The smallest absolute Gasteiger partial charge is 0.246 e. The number of benzene rings is 1. The predicted octanol–water partition coefficient (Wildman–Crippen LogP) is 1.19. The molecule has 0 bridgehead atoms. The molecule has 7 heteroatoms. The Morgan fingerprint density at radius 1 is 1.29 bits per heavy atom. The van der Waals surface area contributed by atoms with Crippen molar-refractivity contribution in [3.63, 3.8) is 0 Å². The zero-order valence-corrected chi connectivity index (χ0v) is 10.1. The SMILES string of the molecule is O=C1CN(c2c(F)cc(F)cc2Br)C(=O)CN1. The van der Waals surface area contributed by atoms with Crippen LogP contribution in [0.3, 0.4) is 0 Å². The van der Waals surface area contributed by atoms with Crippen LogP contribution in [0.25, 0.3) is 0 Å². The number of anilines is 1. The normalized spacial score (nSPS) is 16.1. The van der Waals surface area contributed by atoms with Gasteiger partial charge in [-0.1, -0.05) is 0 Å². The van der Waals surface area contributed by atoms with Crippen molar-refractivity contribution in [1.82, 2.24) is 5.32 Å². The molecule has 90 valence electrons. The van der Waals surface area contributed by atoms with E-state index in [1.807, 2.05) is 0 Å². The molecule has 0 atom stereocenters. The van der Waals surface area contributed by atoms with Gasteiger partial charge in [-0.25, -0.2) is 8.78 Å². The van der Waals surface area contributed by atoms with Crippen molar-refractivity contribution < 1.29 is 18.4 Å². The number of carbonyl (C=O) groups is 2. The summed E-state index contributed by atoms with van der Waals surface area (Å²) in [7, 11) is 0. The average Bonchev–Trinajstić information content (AvgIpc) is 2.21. The molecule has 2 rings (SSSR count). The zero-order chi connectivity index (χ0) is 12.6. The molecule has 1 aromatic rings. The van der Waals surface area contributed by atoms with Gasteiger partial charge in [-0.15, -0.1) is 0 Å². The van der Waals surface area contributed by atoms with Gasteiger partial charge >= 0.3 is 0 Å². The Labute approximate surface area is 104 Å². The number of piperazine rings is 1. The Bertz CT molecular complexity index is 484. The van der Waals surface area contributed by atoms with E-state index in [1.165, 1.54) is 0 Å². The second kappa shape index (κ2) is 4.40. The molecular formula is C10H7BrF2N2O2. The summed E-state index contributed by atoms with van der Waals surface area (Å²) in [5.41, 5.74) is -0.119. The molecule has 4 nitrogen and oxygen atoms in total. The van der Waals surface area contributed by atoms with Crippen molar-refractivity contribution in [2.24, 2.45) is 0 Å². The fourth-order valence-electron chi connectivity index (χ4n) is 1.55. The summed E-state index contributed by atoms with van der Waals surface area (Å²) in [6, 6.07) is 1.71. The molecule has 1 aliphatic heterocycles. The maximum atomic E-state index is 13.6. The van der Waals surface area contributed by atoms with Crippen LogP contribution in [0.5, 0.6) is 0 Å². The fourth-order valence-corrected chi connectivity index (χ4v) is 2.18. The highest BCUT2D eigenvalue weighted by atomic mass is 79.9. The highest BCUT2D eigenvalue weighted by Gasteiger charge is 2.28. The molecule has 1 saturated heterocycles. The van der Waals surface area contributed by atoms with E-state index in [9.17, 15) is 18.4 Å². The highest BCUT2D eigenvalue weighted by molar-refractivity contribution is 9.10. The third kappa shape index (κ3) is 2.28. The van der Waals surface area contributed by atoms with E-state index in [1.54, 1.807) is 0 Å². The molecule has 0 aromatic heterocycles. The first-order valence-electron chi connectivity index (χ1n) is 4.70. The summed E-state index contributed by atoms with van der Waals surface area (Å²) in [6.07, 6.45) is 0. The molecule has 1 fully saturated rings. The Morgan fingerprint density at radius 2 is 2.00 bits per heavy atom. The minimum absolute atomic E-state index is 0.0954. The van der Waals surface area contributed by atoms with Crippen LogP contribution in [0.4, 0.5) is 14.5 Å². The topological polar surface area (TPSA) is 49.4 Å². The van der Waals surface area contributed by atoms with Crippen LogP contribution in [-0.4, -0.2) is 24.9 Å². The van der Waals surface area contributed by atoms with E-state index in [-0.39, 0.29) is 29.2 Å². The molecule has 1 aromatic carbocycles. The lowest BCUT2D eigenvalue weighted by Gasteiger charge is -2.27. The largest absolute Gasteiger partial charge is 0.345 e. The number of nitrogens with zero attached hydrogens (tertiary/aromatic N) is 1. The summed E-state index contributed by atoms with van der Waals surface area (Å²) >= 11 is 2.98. The predicted molar refractivity (Wildman–Crippen MR) is 59.4 cm³/mol. The van der Waals surface area contributed by atoms with E-state index in [0.717, 1.165) is 11.0 Å². The molecule has 0 unspecified atom stereocenters. The highest BCUT2D eigenvalue weighted by Crippen LogP contribution is 2.30. The number of hydrogen-bond acceptors (Lipinski definition) is 2. The van der Waals surface area contributed by atoms with Gasteiger partial charge in [0.25, 0.3) is 0 Å². The monoisotopic (exact) mass is 304 g/mol. The Morgan fingerprint density at radius 3 is 2.65 bits per heavy atom. The maximum Gasteiger partial charge on any atom is 0.246 e. The zero-order valence-electron chi connectivity index (χ0n) is 8.47. The van der Waals surface area contributed by atoms with Crippen molar-refractivity contribution in [3.05, 3.63) is 28.2 Å². The standard InChI is InChI=1S/C10H7BrF2N2O2/c11-6-1-5(12)2-7(13)10(6)15-4-8(16)14-3-9(15)17/h1-2H,3-4H2,(H,14,16). The lowest BCUT2D eigenvalue weighted by molar-refractivity contribution is -0.128. The first kappa shape index (κ1) is 12.0. The van der Waals surface area contributed by atoms with Crippen LogP contribution in [-0.2, 0) is 9.59 Å². The van der Waals surface area contributed by atoms with Gasteiger partial charge in [0, 0.05) is 10.5 Å². The minimum atomic E-state index is -0.889. The minimum Gasteiger partial charge on any atom is -0.345 e. The van der Waals surface area contributed by atoms with Gasteiger partial charge in [0.1, 0.15) is 12.4 Å². The van der Waals surface area contributed by atoms with Gasteiger partial charge < -0.3 is 5.32 Å². The number of carbonyl (C=O) groups excluding carboxylic acids is 2. The molecule has 0 aliphatic carbocycles. The van der Waals surface area contributed by atoms with E-state index >= 15 is 0 Å². The molecule has 17 heavy (non-hydrogen) atoms. The molecular weight excluding hydrogens is 298 g/mol. The first-order chi connectivity index (χ1) is 7.99. The summed E-state index contributed by atoms with van der Waals surface area (Å²) in [5.74, 6) is -2.48. The van der Waals surface area contributed by atoms with Crippen LogP contribution < -0.4 is 10.2 Å².